The van der Waals surface area contributed by atoms with E-state index in [9.17, 15) is 9.59 Å². The van der Waals surface area contributed by atoms with E-state index >= 15 is 0 Å². The van der Waals surface area contributed by atoms with Gasteiger partial charge in [0.05, 0.1) is 5.69 Å². The van der Waals surface area contributed by atoms with E-state index in [1.54, 1.807) is 22.9 Å². The molecule has 0 spiro atoms. The first-order valence-corrected chi connectivity index (χ1v) is 7.60. The Bertz CT molecular complexity index is 752. The highest BCUT2D eigenvalue weighted by molar-refractivity contribution is 5.92. The van der Waals surface area contributed by atoms with Crippen LogP contribution in [0.25, 0.3) is 0 Å². The summed E-state index contributed by atoms with van der Waals surface area (Å²) in [4.78, 5) is 22.7. The van der Waals surface area contributed by atoms with Crippen molar-refractivity contribution >= 4 is 17.6 Å². The van der Waals surface area contributed by atoms with E-state index < -0.39 is 5.97 Å². The monoisotopic (exact) mass is 331 g/mol. The number of benzene rings is 1. The molecule has 1 aromatic heterocycles. The number of amides is 1. The average Bonchev–Trinajstić information content (AvgIpc) is 2.76. The van der Waals surface area contributed by atoms with Crippen LogP contribution in [0.4, 0.5) is 5.69 Å². The van der Waals surface area contributed by atoms with Crippen LogP contribution in [0.3, 0.4) is 0 Å². The molecule has 0 aliphatic heterocycles. The van der Waals surface area contributed by atoms with Gasteiger partial charge in [-0.1, -0.05) is 12.1 Å². The van der Waals surface area contributed by atoms with Crippen molar-refractivity contribution in [3.05, 3.63) is 41.2 Å². The smallest absolute Gasteiger partial charge is 0.303 e. The summed E-state index contributed by atoms with van der Waals surface area (Å²) in [6.45, 7) is 3.58. The Labute approximate surface area is 140 Å². The van der Waals surface area contributed by atoms with Gasteiger partial charge in [0.1, 0.15) is 5.69 Å². The molecular formula is C17H21N3O4. The zero-order valence-corrected chi connectivity index (χ0v) is 14.0. The number of ether oxygens (including phenoxy) is 1. The van der Waals surface area contributed by atoms with Crippen LogP contribution in [-0.4, -0.2) is 33.4 Å². The zero-order valence-electron chi connectivity index (χ0n) is 14.0. The van der Waals surface area contributed by atoms with Gasteiger partial charge in [0.25, 0.3) is 5.91 Å². The molecule has 0 radical (unpaired) electrons. The number of rotatable bonds is 7. The summed E-state index contributed by atoms with van der Waals surface area (Å²) in [6.07, 6.45) is 0.476. The number of carbonyl (C=O) groups is 2. The minimum Gasteiger partial charge on any atom is -0.481 e. The standard InChI is InChI=1S/C17H21N3O4/c1-11-17(12(2)20(3)19-11)24-10-15(21)18-14-6-4-5-13(9-14)7-8-16(22)23/h4-6,9H,7-8,10H2,1-3H3,(H,18,21)(H,22,23). The van der Waals surface area contributed by atoms with E-state index in [2.05, 4.69) is 10.4 Å². The molecule has 0 aliphatic rings. The van der Waals surface area contributed by atoms with E-state index in [4.69, 9.17) is 9.84 Å². The van der Waals surface area contributed by atoms with Crippen LogP contribution < -0.4 is 10.1 Å². The van der Waals surface area contributed by atoms with E-state index in [0.717, 1.165) is 17.0 Å². The Hall–Kier alpha value is -2.83. The molecule has 0 saturated carbocycles. The van der Waals surface area contributed by atoms with Crippen LogP contribution in [0, 0.1) is 13.8 Å². The SMILES string of the molecule is Cc1nn(C)c(C)c1OCC(=O)Nc1cccc(CCC(=O)O)c1. The van der Waals surface area contributed by atoms with Crippen molar-refractivity contribution in [3.63, 3.8) is 0 Å². The highest BCUT2D eigenvalue weighted by Gasteiger charge is 2.12. The van der Waals surface area contributed by atoms with Crippen molar-refractivity contribution in [1.82, 2.24) is 9.78 Å². The highest BCUT2D eigenvalue weighted by Crippen LogP contribution is 2.21. The van der Waals surface area contributed by atoms with E-state index in [-0.39, 0.29) is 18.9 Å². The molecule has 0 unspecified atom stereocenters. The third-order valence-corrected chi connectivity index (χ3v) is 3.63. The Morgan fingerprint density at radius 1 is 1.33 bits per heavy atom. The van der Waals surface area contributed by atoms with Gasteiger partial charge in [0.2, 0.25) is 0 Å². The molecule has 1 amide bonds. The number of carboxylic acid groups (broad SMARTS) is 1. The van der Waals surface area contributed by atoms with Crippen LogP contribution in [0.15, 0.2) is 24.3 Å². The number of aryl methyl sites for hydroxylation is 3. The van der Waals surface area contributed by atoms with Crippen LogP contribution in [0.5, 0.6) is 5.75 Å². The maximum atomic E-state index is 12.0. The summed E-state index contributed by atoms with van der Waals surface area (Å²) in [7, 11) is 1.82. The highest BCUT2D eigenvalue weighted by atomic mass is 16.5. The second-order valence-corrected chi connectivity index (χ2v) is 5.55. The molecule has 0 atom stereocenters. The molecule has 0 fully saturated rings. The minimum atomic E-state index is -0.847. The summed E-state index contributed by atoms with van der Waals surface area (Å²) in [6, 6.07) is 7.13. The quantitative estimate of drug-likeness (QED) is 0.810. The Morgan fingerprint density at radius 3 is 2.71 bits per heavy atom. The van der Waals surface area contributed by atoms with Gasteiger partial charge < -0.3 is 15.2 Å². The van der Waals surface area contributed by atoms with Gasteiger partial charge in [-0.25, -0.2) is 0 Å². The van der Waals surface area contributed by atoms with Gasteiger partial charge in [-0.15, -0.1) is 0 Å². The Kier molecular flexibility index (Phi) is 5.57. The summed E-state index contributed by atoms with van der Waals surface area (Å²) in [5, 5.41) is 15.7. The minimum absolute atomic E-state index is 0.0556. The molecule has 1 aromatic carbocycles. The molecule has 2 rings (SSSR count). The van der Waals surface area contributed by atoms with Gasteiger partial charge in [0.15, 0.2) is 12.4 Å². The predicted octanol–water partition coefficient (Wildman–Crippen LogP) is 2.07. The number of carboxylic acids is 1. The van der Waals surface area contributed by atoms with Crippen molar-refractivity contribution in [2.75, 3.05) is 11.9 Å². The second kappa shape index (κ2) is 7.63. The maximum absolute atomic E-state index is 12.0. The van der Waals surface area contributed by atoms with E-state index in [1.807, 2.05) is 27.0 Å². The molecule has 128 valence electrons. The van der Waals surface area contributed by atoms with Crippen molar-refractivity contribution < 1.29 is 19.4 Å². The van der Waals surface area contributed by atoms with Crippen LogP contribution in [0.1, 0.15) is 23.4 Å². The van der Waals surface area contributed by atoms with Crippen LogP contribution in [0.2, 0.25) is 0 Å². The summed E-state index contributed by atoms with van der Waals surface area (Å²) < 4.78 is 7.26. The molecule has 0 saturated heterocycles. The molecule has 0 aliphatic carbocycles. The van der Waals surface area contributed by atoms with Gasteiger partial charge in [-0.3, -0.25) is 14.3 Å². The molecule has 2 aromatic rings. The fraction of sp³-hybridized carbons (Fsp3) is 0.353. The molecular weight excluding hydrogens is 310 g/mol. The van der Waals surface area contributed by atoms with Crippen molar-refractivity contribution in [2.24, 2.45) is 7.05 Å². The first kappa shape index (κ1) is 17.5. The Balaban J connectivity index is 1.92. The Morgan fingerprint density at radius 2 is 2.08 bits per heavy atom. The lowest BCUT2D eigenvalue weighted by Crippen LogP contribution is -2.20. The number of hydrogen-bond acceptors (Lipinski definition) is 4. The molecule has 7 nitrogen and oxygen atoms in total. The van der Waals surface area contributed by atoms with E-state index in [1.165, 1.54) is 0 Å². The third kappa shape index (κ3) is 4.58. The largest absolute Gasteiger partial charge is 0.481 e. The number of anilines is 1. The van der Waals surface area contributed by atoms with Gasteiger partial charge in [0, 0.05) is 19.2 Å². The maximum Gasteiger partial charge on any atom is 0.303 e. The number of nitrogens with one attached hydrogen (secondary N) is 1. The van der Waals surface area contributed by atoms with Gasteiger partial charge >= 0.3 is 5.97 Å². The molecule has 7 heteroatoms. The molecule has 1 heterocycles. The van der Waals surface area contributed by atoms with Gasteiger partial charge in [-0.2, -0.15) is 5.10 Å². The predicted molar refractivity (Wildman–Crippen MR) is 89.2 cm³/mol. The number of nitrogens with zero attached hydrogens (tertiary/aromatic N) is 2. The second-order valence-electron chi connectivity index (χ2n) is 5.55. The lowest BCUT2D eigenvalue weighted by atomic mass is 10.1. The molecule has 2 N–H and O–H groups in total. The van der Waals surface area contributed by atoms with E-state index in [0.29, 0.717) is 17.9 Å². The number of carbonyl (C=O) groups excluding carboxylic acids is 1. The number of aliphatic carboxylic acids is 1. The topological polar surface area (TPSA) is 93.5 Å². The zero-order chi connectivity index (χ0) is 17.7. The summed E-state index contributed by atoms with van der Waals surface area (Å²) in [5.41, 5.74) is 3.07. The number of aromatic nitrogens is 2. The first-order chi connectivity index (χ1) is 11.4. The van der Waals surface area contributed by atoms with Gasteiger partial charge in [-0.05, 0) is 38.0 Å². The fourth-order valence-electron chi connectivity index (χ4n) is 2.35. The molecule has 0 bridgehead atoms. The lowest BCUT2D eigenvalue weighted by molar-refractivity contribution is -0.137. The summed E-state index contributed by atoms with van der Waals surface area (Å²) >= 11 is 0. The van der Waals surface area contributed by atoms with Crippen LogP contribution >= 0.6 is 0 Å². The van der Waals surface area contributed by atoms with Crippen LogP contribution in [-0.2, 0) is 23.1 Å². The van der Waals surface area contributed by atoms with Crippen molar-refractivity contribution in [1.29, 1.82) is 0 Å². The average molecular weight is 331 g/mol. The number of hydrogen-bond donors (Lipinski definition) is 2. The third-order valence-electron chi connectivity index (χ3n) is 3.63. The lowest BCUT2D eigenvalue weighted by Gasteiger charge is -2.09. The van der Waals surface area contributed by atoms with Crippen molar-refractivity contribution in [3.8, 4) is 5.75 Å². The van der Waals surface area contributed by atoms with Crippen molar-refractivity contribution in [2.45, 2.75) is 26.7 Å². The normalized spacial score (nSPS) is 10.5. The summed E-state index contributed by atoms with van der Waals surface area (Å²) in [5.74, 6) is -0.518. The fourth-order valence-corrected chi connectivity index (χ4v) is 2.35. The molecule has 24 heavy (non-hydrogen) atoms. The first-order valence-electron chi connectivity index (χ1n) is 7.60.